The van der Waals surface area contributed by atoms with Crippen LogP contribution in [-0.4, -0.2) is 29.6 Å². The Kier molecular flexibility index (Phi) is 1.69. The molecule has 0 unspecified atom stereocenters. The molecule has 0 aromatic rings. The van der Waals surface area contributed by atoms with E-state index in [0.717, 1.165) is 12.6 Å². The van der Waals surface area contributed by atoms with Crippen molar-refractivity contribution in [3.8, 4) is 0 Å². The zero-order chi connectivity index (χ0) is 7.90. The van der Waals surface area contributed by atoms with Crippen LogP contribution in [0.2, 0.25) is 0 Å². The average molecular weight is 154 g/mol. The molecule has 2 N–H and O–H groups in total. The van der Waals surface area contributed by atoms with Gasteiger partial charge < -0.3 is 5.73 Å². The number of nitrogens with zero attached hydrogens (tertiary/aromatic N) is 1. The molecule has 2 rings (SSSR count). The zero-order valence-corrected chi connectivity index (χ0v) is 7.34. The van der Waals surface area contributed by atoms with Crippen molar-refractivity contribution >= 4 is 0 Å². The first-order valence-corrected chi connectivity index (χ1v) is 4.76. The SMILES string of the molecule is CCN(CC1(N)CC1)C1CC1. The molecule has 2 aliphatic rings. The Hall–Kier alpha value is -0.0800. The number of hydrogen-bond acceptors (Lipinski definition) is 2. The number of hydrogen-bond donors (Lipinski definition) is 1. The molecule has 2 aliphatic carbocycles. The van der Waals surface area contributed by atoms with Gasteiger partial charge in [0.05, 0.1) is 0 Å². The van der Waals surface area contributed by atoms with Gasteiger partial charge in [-0.2, -0.15) is 0 Å². The molecule has 2 fully saturated rings. The first-order valence-electron chi connectivity index (χ1n) is 4.76. The Balaban J connectivity index is 1.81. The Morgan fingerprint density at radius 3 is 2.45 bits per heavy atom. The van der Waals surface area contributed by atoms with Crippen molar-refractivity contribution in [1.29, 1.82) is 0 Å². The first kappa shape index (κ1) is 7.56. The van der Waals surface area contributed by atoms with Crippen molar-refractivity contribution in [2.45, 2.75) is 44.2 Å². The maximum atomic E-state index is 6.05. The minimum absolute atomic E-state index is 0.221. The third-order valence-corrected chi connectivity index (χ3v) is 2.88. The highest BCUT2D eigenvalue weighted by atomic mass is 15.2. The second-order valence-corrected chi connectivity index (χ2v) is 4.16. The topological polar surface area (TPSA) is 29.3 Å². The highest BCUT2D eigenvalue weighted by Gasteiger charge is 2.42. The summed E-state index contributed by atoms with van der Waals surface area (Å²) in [6.07, 6.45) is 5.31. The smallest absolute Gasteiger partial charge is 0.0284 e. The molecule has 0 heterocycles. The van der Waals surface area contributed by atoms with Crippen LogP contribution in [0.5, 0.6) is 0 Å². The van der Waals surface area contributed by atoms with E-state index in [-0.39, 0.29) is 5.54 Å². The zero-order valence-electron chi connectivity index (χ0n) is 7.34. The molecular weight excluding hydrogens is 136 g/mol. The summed E-state index contributed by atoms with van der Waals surface area (Å²) in [6.45, 7) is 4.57. The first-order chi connectivity index (χ1) is 5.23. The molecule has 11 heavy (non-hydrogen) atoms. The maximum absolute atomic E-state index is 6.05. The van der Waals surface area contributed by atoms with Crippen LogP contribution < -0.4 is 5.73 Å². The van der Waals surface area contributed by atoms with Gasteiger partial charge in [0.25, 0.3) is 0 Å². The lowest BCUT2D eigenvalue weighted by Crippen LogP contribution is -2.40. The maximum Gasteiger partial charge on any atom is 0.0284 e. The van der Waals surface area contributed by atoms with E-state index >= 15 is 0 Å². The molecule has 0 radical (unpaired) electrons. The minimum Gasteiger partial charge on any atom is -0.324 e. The quantitative estimate of drug-likeness (QED) is 0.653. The van der Waals surface area contributed by atoms with Crippen LogP contribution in [0.25, 0.3) is 0 Å². The second kappa shape index (κ2) is 2.46. The van der Waals surface area contributed by atoms with Crippen molar-refractivity contribution in [3.05, 3.63) is 0 Å². The normalized spacial score (nSPS) is 27.5. The Morgan fingerprint density at radius 1 is 1.45 bits per heavy atom. The van der Waals surface area contributed by atoms with E-state index in [2.05, 4.69) is 11.8 Å². The van der Waals surface area contributed by atoms with Crippen LogP contribution in [-0.2, 0) is 0 Å². The predicted octanol–water partition coefficient (Wildman–Crippen LogP) is 0.962. The Labute approximate surface area is 68.7 Å². The van der Waals surface area contributed by atoms with E-state index in [1.165, 1.54) is 32.2 Å². The van der Waals surface area contributed by atoms with Crippen molar-refractivity contribution in [3.63, 3.8) is 0 Å². The van der Waals surface area contributed by atoms with Crippen molar-refractivity contribution in [2.24, 2.45) is 5.73 Å². The van der Waals surface area contributed by atoms with E-state index in [1.807, 2.05) is 0 Å². The molecule has 0 atom stereocenters. The molecule has 2 heteroatoms. The second-order valence-electron chi connectivity index (χ2n) is 4.16. The summed E-state index contributed by atoms with van der Waals surface area (Å²) in [4.78, 5) is 2.55. The molecule has 2 saturated carbocycles. The Morgan fingerprint density at radius 2 is 2.09 bits per heavy atom. The van der Waals surface area contributed by atoms with E-state index < -0.39 is 0 Å². The van der Waals surface area contributed by atoms with Gasteiger partial charge in [-0.3, -0.25) is 4.90 Å². The van der Waals surface area contributed by atoms with Gasteiger partial charge in [0, 0.05) is 18.1 Å². The number of nitrogens with two attached hydrogens (primary N) is 1. The van der Waals surface area contributed by atoms with Gasteiger partial charge in [-0.05, 0) is 32.2 Å². The third kappa shape index (κ3) is 1.74. The molecule has 0 saturated heterocycles. The molecule has 0 spiro atoms. The fraction of sp³-hybridized carbons (Fsp3) is 1.00. The van der Waals surface area contributed by atoms with Gasteiger partial charge in [0.15, 0.2) is 0 Å². The third-order valence-electron chi connectivity index (χ3n) is 2.88. The molecule has 0 bridgehead atoms. The van der Waals surface area contributed by atoms with Crippen LogP contribution >= 0.6 is 0 Å². The van der Waals surface area contributed by atoms with Crippen LogP contribution in [0, 0.1) is 0 Å². The molecule has 0 amide bonds. The monoisotopic (exact) mass is 154 g/mol. The average Bonchev–Trinajstić information content (AvgIpc) is 2.79. The van der Waals surface area contributed by atoms with Crippen molar-refractivity contribution in [1.82, 2.24) is 4.90 Å². The highest BCUT2D eigenvalue weighted by Crippen LogP contribution is 2.36. The van der Waals surface area contributed by atoms with Gasteiger partial charge in [-0.1, -0.05) is 6.92 Å². The van der Waals surface area contributed by atoms with E-state index in [1.54, 1.807) is 0 Å². The van der Waals surface area contributed by atoms with Gasteiger partial charge in [0.1, 0.15) is 0 Å². The molecule has 64 valence electrons. The lowest BCUT2D eigenvalue weighted by molar-refractivity contribution is 0.253. The Bertz CT molecular complexity index is 148. The highest BCUT2D eigenvalue weighted by molar-refractivity contribution is 5.02. The fourth-order valence-electron chi connectivity index (χ4n) is 1.66. The lowest BCUT2D eigenvalue weighted by atomic mass is 10.2. The summed E-state index contributed by atoms with van der Waals surface area (Å²) >= 11 is 0. The predicted molar refractivity (Wildman–Crippen MR) is 46.4 cm³/mol. The summed E-state index contributed by atoms with van der Waals surface area (Å²) in [5.74, 6) is 0. The number of rotatable bonds is 4. The molecule has 2 nitrogen and oxygen atoms in total. The van der Waals surface area contributed by atoms with Crippen molar-refractivity contribution in [2.75, 3.05) is 13.1 Å². The molecule has 0 aliphatic heterocycles. The summed E-state index contributed by atoms with van der Waals surface area (Å²) in [5, 5.41) is 0. The van der Waals surface area contributed by atoms with E-state index in [9.17, 15) is 0 Å². The van der Waals surface area contributed by atoms with Gasteiger partial charge in [-0.15, -0.1) is 0 Å². The van der Waals surface area contributed by atoms with Crippen molar-refractivity contribution < 1.29 is 0 Å². The standard InChI is InChI=1S/C9H18N2/c1-2-11(8-3-4-8)7-9(10)5-6-9/h8H,2-7,10H2,1H3. The van der Waals surface area contributed by atoms with Crippen LogP contribution in [0.15, 0.2) is 0 Å². The summed E-state index contributed by atoms with van der Waals surface area (Å²) in [6, 6.07) is 0.890. The molecular formula is C9H18N2. The van der Waals surface area contributed by atoms with Gasteiger partial charge >= 0.3 is 0 Å². The lowest BCUT2D eigenvalue weighted by Gasteiger charge is -2.23. The largest absolute Gasteiger partial charge is 0.324 e. The van der Waals surface area contributed by atoms with Gasteiger partial charge in [-0.25, -0.2) is 0 Å². The van der Waals surface area contributed by atoms with Crippen LogP contribution in [0.4, 0.5) is 0 Å². The summed E-state index contributed by atoms with van der Waals surface area (Å²) in [5.41, 5.74) is 6.27. The fourth-order valence-corrected chi connectivity index (χ4v) is 1.66. The van der Waals surface area contributed by atoms with Gasteiger partial charge in [0.2, 0.25) is 0 Å². The van der Waals surface area contributed by atoms with Crippen LogP contribution in [0.3, 0.4) is 0 Å². The van der Waals surface area contributed by atoms with E-state index in [4.69, 9.17) is 5.73 Å². The molecule has 0 aromatic heterocycles. The molecule has 0 aromatic carbocycles. The summed E-state index contributed by atoms with van der Waals surface area (Å²) < 4.78 is 0. The minimum atomic E-state index is 0.221. The number of likely N-dealkylation sites (N-methyl/N-ethyl adjacent to an activating group) is 1. The van der Waals surface area contributed by atoms with E-state index in [0.29, 0.717) is 0 Å². The van der Waals surface area contributed by atoms with Crippen LogP contribution in [0.1, 0.15) is 32.6 Å². The summed E-state index contributed by atoms with van der Waals surface area (Å²) in [7, 11) is 0.